The van der Waals surface area contributed by atoms with Gasteiger partial charge in [0.1, 0.15) is 0 Å². The number of pyridine rings is 1. The van der Waals surface area contributed by atoms with Crippen molar-refractivity contribution < 1.29 is 9.90 Å². The van der Waals surface area contributed by atoms with Crippen LogP contribution in [0.4, 0.5) is 10.5 Å². The highest BCUT2D eigenvalue weighted by Crippen LogP contribution is 2.21. The molecule has 1 aromatic heterocycles. The van der Waals surface area contributed by atoms with Crippen LogP contribution in [0, 0.1) is 6.92 Å². The number of aryl methyl sites for hydroxylation is 1. The van der Waals surface area contributed by atoms with Crippen molar-refractivity contribution in [1.29, 1.82) is 0 Å². The minimum Gasteiger partial charge on any atom is -0.393 e. The van der Waals surface area contributed by atoms with Gasteiger partial charge < -0.3 is 15.7 Å². The van der Waals surface area contributed by atoms with Crippen LogP contribution in [0.1, 0.15) is 19.0 Å². The minimum absolute atomic E-state index is 0.290. The molecule has 0 spiro atoms. The van der Waals surface area contributed by atoms with Crippen molar-refractivity contribution in [3.63, 3.8) is 0 Å². The first-order valence-electron chi connectivity index (χ1n) is 6.65. The molecule has 2 amide bonds. The molecule has 106 valence electrons. The molecule has 0 radical (unpaired) electrons. The third-order valence-electron chi connectivity index (χ3n) is 2.96. The Balaban J connectivity index is 2.09. The highest BCUT2D eigenvalue weighted by Gasteiger charge is 2.07. The lowest BCUT2D eigenvalue weighted by Gasteiger charge is -2.10. The van der Waals surface area contributed by atoms with Gasteiger partial charge in [-0.15, -0.1) is 0 Å². The summed E-state index contributed by atoms with van der Waals surface area (Å²) in [5, 5.41) is 15.6. The number of aliphatic hydroxyl groups is 1. The van der Waals surface area contributed by atoms with Gasteiger partial charge in [-0.05, 0) is 32.4 Å². The molecule has 5 heteroatoms. The molecule has 1 atom stereocenters. The van der Waals surface area contributed by atoms with Crippen molar-refractivity contribution in [3.8, 4) is 0 Å². The van der Waals surface area contributed by atoms with Gasteiger partial charge in [-0.25, -0.2) is 4.79 Å². The summed E-state index contributed by atoms with van der Waals surface area (Å²) in [6.07, 6.45) is 0.109. The van der Waals surface area contributed by atoms with E-state index < -0.39 is 6.10 Å². The first-order valence-corrected chi connectivity index (χ1v) is 6.65. The van der Waals surface area contributed by atoms with Crippen LogP contribution in [0.3, 0.4) is 0 Å². The summed E-state index contributed by atoms with van der Waals surface area (Å²) in [6.45, 7) is 4.04. The average molecular weight is 273 g/mol. The van der Waals surface area contributed by atoms with Crippen molar-refractivity contribution in [2.75, 3.05) is 11.9 Å². The van der Waals surface area contributed by atoms with Crippen LogP contribution in [0.5, 0.6) is 0 Å². The maximum Gasteiger partial charge on any atom is 0.319 e. The van der Waals surface area contributed by atoms with Crippen LogP contribution in [0.2, 0.25) is 0 Å². The van der Waals surface area contributed by atoms with E-state index in [1.807, 2.05) is 37.3 Å². The summed E-state index contributed by atoms with van der Waals surface area (Å²) in [5.74, 6) is 0. The SMILES string of the molecule is Cc1ccc2cccc(NC(=O)NCCC(C)O)c2n1. The quantitative estimate of drug-likeness (QED) is 0.801. The zero-order valence-corrected chi connectivity index (χ0v) is 11.7. The Labute approximate surface area is 118 Å². The number of nitrogens with one attached hydrogen (secondary N) is 2. The first kappa shape index (κ1) is 14.3. The molecule has 0 bridgehead atoms. The van der Waals surface area contributed by atoms with E-state index in [-0.39, 0.29) is 6.03 Å². The van der Waals surface area contributed by atoms with Crippen LogP contribution >= 0.6 is 0 Å². The normalized spacial score (nSPS) is 12.2. The molecule has 2 rings (SSSR count). The van der Waals surface area contributed by atoms with Gasteiger partial charge in [0.15, 0.2) is 0 Å². The molecule has 5 nitrogen and oxygen atoms in total. The predicted molar refractivity (Wildman–Crippen MR) is 79.8 cm³/mol. The highest BCUT2D eigenvalue weighted by atomic mass is 16.3. The third kappa shape index (κ3) is 3.68. The van der Waals surface area contributed by atoms with Gasteiger partial charge in [-0.2, -0.15) is 0 Å². The number of aromatic nitrogens is 1. The largest absolute Gasteiger partial charge is 0.393 e. The second kappa shape index (κ2) is 6.34. The fourth-order valence-corrected chi connectivity index (χ4v) is 1.91. The van der Waals surface area contributed by atoms with Crippen LogP contribution in [-0.2, 0) is 0 Å². The van der Waals surface area contributed by atoms with Gasteiger partial charge in [-0.3, -0.25) is 4.98 Å². The number of hydrogen-bond acceptors (Lipinski definition) is 3. The first-order chi connectivity index (χ1) is 9.56. The molecule has 2 aromatic rings. The summed E-state index contributed by atoms with van der Waals surface area (Å²) >= 11 is 0. The molecular weight excluding hydrogens is 254 g/mol. The molecular formula is C15H19N3O2. The number of rotatable bonds is 4. The molecule has 1 unspecified atom stereocenters. The van der Waals surface area contributed by atoms with Gasteiger partial charge in [-0.1, -0.05) is 18.2 Å². The van der Waals surface area contributed by atoms with Gasteiger partial charge in [0, 0.05) is 17.6 Å². The molecule has 1 aromatic carbocycles. The highest BCUT2D eigenvalue weighted by molar-refractivity contribution is 5.99. The number of nitrogens with zero attached hydrogens (tertiary/aromatic N) is 1. The van der Waals surface area contributed by atoms with E-state index in [4.69, 9.17) is 5.11 Å². The third-order valence-corrected chi connectivity index (χ3v) is 2.96. The van der Waals surface area contributed by atoms with Crippen LogP contribution in [-0.4, -0.2) is 28.8 Å². The number of amides is 2. The Morgan fingerprint density at radius 2 is 2.15 bits per heavy atom. The number of benzene rings is 1. The van der Waals surface area contributed by atoms with Crippen molar-refractivity contribution >= 4 is 22.6 Å². The summed E-state index contributed by atoms with van der Waals surface area (Å²) < 4.78 is 0. The zero-order chi connectivity index (χ0) is 14.5. The van der Waals surface area contributed by atoms with Crippen LogP contribution < -0.4 is 10.6 Å². The predicted octanol–water partition coefficient (Wildman–Crippen LogP) is 2.44. The van der Waals surface area contributed by atoms with Crippen molar-refractivity contribution in [3.05, 3.63) is 36.0 Å². The van der Waals surface area contributed by atoms with Gasteiger partial charge in [0.25, 0.3) is 0 Å². The maximum absolute atomic E-state index is 11.8. The number of fused-ring (bicyclic) bond motifs is 1. The van der Waals surface area contributed by atoms with Crippen LogP contribution in [0.15, 0.2) is 30.3 Å². The number of aliphatic hydroxyl groups excluding tert-OH is 1. The molecule has 0 aliphatic carbocycles. The van der Waals surface area contributed by atoms with Crippen LogP contribution in [0.25, 0.3) is 10.9 Å². The number of hydrogen-bond donors (Lipinski definition) is 3. The number of para-hydroxylation sites is 1. The molecule has 0 aliphatic rings. The average Bonchev–Trinajstić information content (AvgIpc) is 2.39. The summed E-state index contributed by atoms with van der Waals surface area (Å²) in [4.78, 5) is 16.2. The van der Waals surface area contributed by atoms with E-state index in [1.165, 1.54) is 0 Å². The Kier molecular flexibility index (Phi) is 4.53. The Bertz CT molecular complexity index is 611. The smallest absolute Gasteiger partial charge is 0.319 e. The molecule has 1 heterocycles. The van der Waals surface area contributed by atoms with Crippen molar-refractivity contribution in [2.24, 2.45) is 0 Å². The molecule has 20 heavy (non-hydrogen) atoms. The number of anilines is 1. The zero-order valence-electron chi connectivity index (χ0n) is 11.7. The second-order valence-electron chi connectivity index (χ2n) is 4.85. The van der Waals surface area contributed by atoms with E-state index in [0.29, 0.717) is 18.7 Å². The van der Waals surface area contributed by atoms with E-state index in [1.54, 1.807) is 6.92 Å². The number of carbonyl (C=O) groups excluding carboxylic acids is 1. The number of carbonyl (C=O) groups is 1. The molecule has 0 saturated heterocycles. The molecule has 0 fully saturated rings. The van der Waals surface area contributed by atoms with Crippen molar-refractivity contribution in [2.45, 2.75) is 26.4 Å². The summed E-state index contributed by atoms with van der Waals surface area (Å²) in [7, 11) is 0. The van der Waals surface area contributed by atoms with E-state index in [2.05, 4.69) is 15.6 Å². The number of urea groups is 1. The van der Waals surface area contributed by atoms with E-state index in [0.717, 1.165) is 16.6 Å². The lowest BCUT2D eigenvalue weighted by molar-refractivity contribution is 0.184. The topological polar surface area (TPSA) is 74.2 Å². The summed E-state index contributed by atoms with van der Waals surface area (Å²) in [6, 6.07) is 9.29. The minimum atomic E-state index is -0.419. The Hall–Kier alpha value is -2.14. The molecule has 0 saturated carbocycles. The standard InChI is InChI=1S/C15H19N3O2/c1-10-6-7-12-4-3-5-13(14(12)17-10)18-15(20)16-9-8-11(2)19/h3-7,11,19H,8-9H2,1-2H3,(H2,16,18,20). The van der Waals surface area contributed by atoms with Gasteiger partial charge in [0.2, 0.25) is 0 Å². The molecule has 0 aliphatic heterocycles. The fraction of sp³-hybridized carbons (Fsp3) is 0.333. The van der Waals surface area contributed by atoms with Gasteiger partial charge in [0.05, 0.1) is 17.3 Å². The second-order valence-corrected chi connectivity index (χ2v) is 4.85. The fourth-order valence-electron chi connectivity index (χ4n) is 1.91. The monoisotopic (exact) mass is 273 g/mol. The lowest BCUT2D eigenvalue weighted by Crippen LogP contribution is -2.31. The van der Waals surface area contributed by atoms with E-state index in [9.17, 15) is 4.79 Å². The maximum atomic E-state index is 11.8. The lowest BCUT2D eigenvalue weighted by atomic mass is 10.2. The Morgan fingerprint density at radius 1 is 1.35 bits per heavy atom. The van der Waals surface area contributed by atoms with E-state index >= 15 is 0 Å². The Morgan fingerprint density at radius 3 is 2.90 bits per heavy atom. The van der Waals surface area contributed by atoms with Gasteiger partial charge >= 0.3 is 6.03 Å². The molecule has 3 N–H and O–H groups in total. The summed E-state index contributed by atoms with van der Waals surface area (Å²) in [5.41, 5.74) is 2.36. The van der Waals surface area contributed by atoms with Crippen molar-refractivity contribution in [1.82, 2.24) is 10.3 Å².